The van der Waals surface area contributed by atoms with E-state index in [4.69, 9.17) is 0 Å². The Kier molecular flexibility index (Phi) is 3.26. The molecule has 1 aromatic heterocycles. The zero-order chi connectivity index (χ0) is 11.4. The molecule has 0 saturated carbocycles. The van der Waals surface area contributed by atoms with Crippen LogP contribution in [0.25, 0.3) is 0 Å². The van der Waals surface area contributed by atoms with Gasteiger partial charge in [-0.15, -0.1) is 0 Å². The summed E-state index contributed by atoms with van der Waals surface area (Å²) in [6.45, 7) is 3.17. The van der Waals surface area contributed by atoms with E-state index < -0.39 is 0 Å². The van der Waals surface area contributed by atoms with Crippen LogP contribution in [0.15, 0.2) is 24.5 Å². The van der Waals surface area contributed by atoms with Crippen molar-refractivity contribution >= 4 is 0 Å². The Morgan fingerprint density at radius 1 is 1.38 bits per heavy atom. The fraction of sp³-hybridized carbons (Fsp3) is 0.273. The Morgan fingerprint density at radius 2 is 2.25 bits per heavy atom. The van der Waals surface area contributed by atoms with Gasteiger partial charge in [-0.1, -0.05) is 6.07 Å². The maximum absolute atomic E-state index is 13.0. The van der Waals surface area contributed by atoms with Gasteiger partial charge in [-0.25, -0.2) is 9.37 Å². The average Bonchev–Trinajstić information content (AvgIpc) is 2.76. The fourth-order valence-corrected chi connectivity index (χ4v) is 1.46. The summed E-state index contributed by atoms with van der Waals surface area (Å²) in [5.41, 5.74) is 2.03. The Hall–Kier alpha value is -1.75. The van der Waals surface area contributed by atoms with Gasteiger partial charge < -0.3 is 5.32 Å². The number of nitrogens with zero attached hydrogens (tertiary/aromatic N) is 2. The Labute approximate surface area is 92.9 Å². The molecule has 0 fully saturated rings. The van der Waals surface area contributed by atoms with Gasteiger partial charge in [-0.2, -0.15) is 5.10 Å². The molecule has 0 saturated heterocycles. The predicted octanol–water partition coefficient (Wildman–Crippen LogP) is 1.54. The minimum Gasteiger partial charge on any atom is -0.306 e. The first kappa shape index (κ1) is 10.8. The summed E-state index contributed by atoms with van der Waals surface area (Å²) in [4.78, 5) is 3.98. The van der Waals surface area contributed by atoms with E-state index in [1.54, 1.807) is 12.1 Å². The van der Waals surface area contributed by atoms with Gasteiger partial charge in [0.05, 0.1) is 6.54 Å². The van der Waals surface area contributed by atoms with E-state index in [1.807, 2.05) is 6.92 Å². The van der Waals surface area contributed by atoms with E-state index in [0.717, 1.165) is 17.0 Å². The van der Waals surface area contributed by atoms with Crippen LogP contribution in [0.2, 0.25) is 0 Å². The zero-order valence-electron chi connectivity index (χ0n) is 9.00. The molecule has 0 amide bonds. The number of rotatable bonds is 4. The number of aromatic nitrogens is 3. The van der Waals surface area contributed by atoms with Gasteiger partial charge in [0.2, 0.25) is 0 Å². The molecule has 0 aliphatic heterocycles. The number of hydrogen-bond donors (Lipinski definition) is 2. The number of halogens is 1. The highest BCUT2D eigenvalue weighted by Gasteiger charge is 2.01. The van der Waals surface area contributed by atoms with Crippen LogP contribution >= 0.6 is 0 Å². The molecule has 0 bridgehead atoms. The van der Waals surface area contributed by atoms with Crippen LogP contribution in [0.3, 0.4) is 0 Å². The fourth-order valence-electron chi connectivity index (χ4n) is 1.46. The van der Waals surface area contributed by atoms with Crippen LogP contribution in [-0.2, 0) is 13.1 Å². The Bertz CT molecular complexity index is 453. The molecule has 0 aliphatic rings. The summed E-state index contributed by atoms with van der Waals surface area (Å²) < 4.78 is 13.0. The molecular formula is C11H13FN4. The van der Waals surface area contributed by atoms with E-state index in [1.165, 1.54) is 12.4 Å². The van der Waals surface area contributed by atoms with Crippen molar-refractivity contribution in [2.75, 3.05) is 0 Å². The number of nitrogens with one attached hydrogen (secondary N) is 2. The van der Waals surface area contributed by atoms with Crippen molar-refractivity contribution in [2.45, 2.75) is 20.0 Å². The quantitative estimate of drug-likeness (QED) is 0.821. The number of H-pyrrole nitrogens is 1. The van der Waals surface area contributed by atoms with Gasteiger partial charge in [-0.05, 0) is 30.2 Å². The molecule has 0 atom stereocenters. The van der Waals surface area contributed by atoms with Crippen molar-refractivity contribution in [1.29, 1.82) is 0 Å². The molecule has 1 aromatic carbocycles. The standard InChI is InChI=1S/C11H13FN4/c1-8-2-3-10(12)4-9(8)5-13-6-11-14-7-15-16-11/h2-4,7,13H,5-6H2,1H3,(H,14,15,16). The van der Waals surface area contributed by atoms with Gasteiger partial charge in [-0.3, -0.25) is 5.10 Å². The molecule has 16 heavy (non-hydrogen) atoms. The van der Waals surface area contributed by atoms with Gasteiger partial charge in [0, 0.05) is 6.54 Å². The third-order valence-electron chi connectivity index (χ3n) is 2.38. The van der Waals surface area contributed by atoms with Gasteiger partial charge in [0.25, 0.3) is 0 Å². The summed E-state index contributed by atoms with van der Waals surface area (Å²) in [6.07, 6.45) is 1.46. The molecule has 5 heteroatoms. The van der Waals surface area contributed by atoms with Crippen molar-refractivity contribution in [3.05, 3.63) is 47.3 Å². The average molecular weight is 220 g/mol. The van der Waals surface area contributed by atoms with E-state index in [-0.39, 0.29) is 5.82 Å². The first-order valence-corrected chi connectivity index (χ1v) is 5.05. The molecule has 2 rings (SSSR count). The molecule has 0 aliphatic carbocycles. The number of benzene rings is 1. The van der Waals surface area contributed by atoms with Crippen LogP contribution in [-0.4, -0.2) is 15.2 Å². The van der Waals surface area contributed by atoms with Crippen molar-refractivity contribution in [1.82, 2.24) is 20.5 Å². The number of hydrogen-bond acceptors (Lipinski definition) is 3. The lowest BCUT2D eigenvalue weighted by atomic mass is 10.1. The molecular weight excluding hydrogens is 207 g/mol. The first-order valence-electron chi connectivity index (χ1n) is 5.05. The highest BCUT2D eigenvalue weighted by molar-refractivity contribution is 5.26. The van der Waals surface area contributed by atoms with E-state index in [9.17, 15) is 4.39 Å². The highest BCUT2D eigenvalue weighted by Crippen LogP contribution is 2.09. The largest absolute Gasteiger partial charge is 0.306 e. The van der Waals surface area contributed by atoms with Crippen LogP contribution in [0.1, 0.15) is 17.0 Å². The second kappa shape index (κ2) is 4.85. The minimum atomic E-state index is -0.206. The summed E-state index contributed by atoms with van der Waals surface area (Å²) in [5, 5.41) is 9.67. The third-order valence-corrected chi connectivity index (χ3v) is 2.38. The van der Waals surface area contributed by atoms with Crippen molar-refractivity contribution in [3.63, 3.8) is 0 Å². The predicted molar refractivity (Wildman–Crippen MR) is 58.1 cm³/mol. The van der Waals surface area contributed by atoms with Gasteiger partial charge in [0.15, 0.2) is 0 Å². The smallest absolute Gasteiger partial charge is 0.138 e. The molecule has 2 N–H and O–H groups in total. The minimum absolute atomic E-state index is 0.206. The van der Waals surface area contributed by atoms with Crippen LogP contribution in [0.5, 0.6) is 0 Å². The molecule has 0 spiro atoms. The normalized spacial score (nSPS) is 10.6. The Balaban J connectivity index is 1.92. The van der Waals surface area contributed by atoms with Crippen molar-refractivity contribution in [2.24, 2.45) is 0 Å². The highest BCUT2D eigenvalue weighted by atomic mass is 19.1. The first-order chi connectivity index (χ1) is 7.75. The van der Waals surface area contributed by atoms with Crippen molar-refractivity contribution in [3.8, 4) is 0 Å². The van der Waals surface area contributed by atoms with Crippen molar-refractivity contribution < 1.29 is 4.39 Å². The van der Waals surface area contributed by atoms with Gasteiger partial charge >= 0.3 is 0 Å². The van der Waals surface area contributed by atoms with Crippen LogP contribution in [0, 0.1) is 12.7 Å². The van der Waals surface area contributed by atoms with E-state index in [2.05, 4.69) is 20.5 Å². The molecule has 84 valence electrons. The summed E-state index contributed by atoms with van der Waals surface area (Å²) >= 11 is 0. The topological polar surface area (TPSA) is 53.6 Å². The molecule has 2 aromatic rings. The summed E-state index contributed by atoms with van der Waals surface area (Å²) in [5.74, 6) is 0.566. The van der Waals surface area contributed by atoms with Crippen LogP contribution in [0.4, 0.5) is 4.39 Å². The number of aromatic amines is 1. The molecule has 0 unspecified atom stereocenters. The molecule has 4 nitrogen and oxygen atoms in total. The molecule has 0 radical (unpaired) electrons. The summed E-state index contributed by atoms with van der Waals surface area (Å²) in [7, 11) is 0. The monoisotopic (exact) mass is 220 g/mol. The second-order valence-electron chi connectivity index (χ2n) is 3.61. The lowest BCUT2D eigenvalue weighted by Crippen LogP contribution is -2.14. The van der Waals surface area contributed by atoms with E-state index >= 15 is 0 Å². The van der Waals surface area contributed by atoms with E-state index in [0.29, 0.717) is 13.1 Å². The zero-order valence-corrected chi connectivity index (χ0v) is 9.00. The van der Waals surface area contributed by atoms with Crippen LogP contribution < -0.4 is 5.32 Å². The third kappa shape index (κ3) is 2.64. The SMILES string of the molecule is Cc1ccc(F)cc1CNCc1ncn[nH]1. The maximum atomic E-state index is 13.0. The number of aryl methyl sites for hydroxylation is 1. The maximum Gasteiger partial charge on any atom is 0.138 e. The lowest BCUT2D eigenvalue weighted by molar-refractivity contribution is 0.616. The second-order valence-corrected chi connectivity index (χ2v) is 3.61. The Morgan fingerprint density at radius 3 is 3.00 bits per heavy atom. The lowest BCUT2D eigenvalue weighted by Gasteiger charge is -2.06. The molecule has 1 heterocycles. The summed E-state index contributed by atoms with van der Waals surface area (Å²) in [6, 6.07) is 4.79. The van der Waals surface area contributed by atoms with Gasteiger partial charge in [0.1, 0.15) is 18.0 Å².